The minimum absolute atomic E-state index is 0.0232. The molecule has 0 aromatic heterocycles. The van der Waals surface area contributed by atoms with Crippen LogP contribution in [0.25, 0.3) is 0 Å². The van der Waals surface area contributed by atoms with Crippen LogP contribution in [-0.4, -0.2) is 69.1 Å². The minimum Gasteiger partial charge on any atom is -0.508 e. The zero-order chi connectivity index (χ0) is 29.0. The molecule has 0 aliphatic rings. The third kappa shape index (κ3) is 10.4. The summed E-state index contributed by atoms with van der Waals surface area (Å²) in [6, 6.07) is 1.37. The first-order chi connectivity index (χ1) is 17.8. The van der Waals surface area contributed by atoms with Crippen LogP contribution in [0.15, 0.2) is 24.3 Å². The van der Waals surface area contributed by atoms with Crippen molar-refractivity contribution in [1.29, 1.82) is 0 Å². The molecule has 6 atom stereocenters. The lowest BCUT2D eigenvalue weighted by atomic mass is 9.94. The average molecular weight is 537 g/mol. The quantitative estimate of drug-likeness (QED) is 0.159. The lowest BCUT2D eigenvalue weighted by Crippen LogP contribution is -2.60. The molecule has 1 aromatic carbocycles. The number of carbonyl (C=O) groups is 5. The van der Waals surface area contributed by atoms with Crippen molar-refractivity contribution in [1.82, 2.24) is 16.0 Å². The zero-order valence-corrected chi connectivity index (χ0v) is 22.3. The summed E-state index contributed by atoms with van der Waals surface area (Å²) in [6.45, 7) is 7.11. The van der Waals surface area contributed by atoms with Gasteiger partial charge < -0.3 is 37.0 Å². The molecule has 1 rings (SSSR count). The highest BCUT2D eigenvalue weighted by Crippen LogP contribution is 2.15. The fourth-order valence-corrected chi connectivity index (χ4v) is 3.65. The van der Waals surface area contributed by atoms with Crippen molar-refractivity contribution in [2.24, 2.45) is 17.6 Å². The number of amides is 3. The number of nitrogens with two attached hydrogens (primary N) is 1. The lowest BCUT2D eigenvalue weighted by molar-refractivity contribution is -0.142. The Morgan fingerprint density at radius 1 is 0.816 bits per heavy atom. The van der Waals surface area contributed by atoms with E-state index >= 15 is 0 Å². The Bertz CT molecular complexity index is 968. The maximum absolute atomic E-state index is 13.3. The van der Waals surface area contributed by atoms with Gasteiger partial charge in [-0.15, -0.1) is 0 Å². The zero-order valence-electron chi connectivity index (χ0n) is 22.3. The van der Waals surface area contributed by atoms with Gasteiger partial charge in [0.05, 0.1) is 6.04 Å². The minimum atomic E-state index is -1.28. The lowest BCUT2D eigenvalue weighted by Gasteiger charge is -2.30. The molecule has 12 heteroatoms. The molecule has 0 saturated heterocycles. The predicted molar refractivity (Wildman–Crippen MR) is 139 cm³/mol. The molecule has 212 valence electrons. The van der Waals surface area contributed by atoms with Crippen molar-refractivity contribution in [3.63, 3.8) is 0 Å². The van der Waals surface area contributed by atoms with Gasteiger partial charge in [-0.2, -0.15) is 0 Å². The Morgan fingerprint density at radius 3 is 1.74 bits per heavy atom. The van der Waals surface area contributed by atoms with Gasteiger partial charge in [-0.25, -0.2) is 4.79 Å². The molecule has 38 heavy (non-hydrogen) atoms. The summed E-state index contributed by atoms with van der Waals surface area (Å²) in [5.74, 6) is -5.06. The molecule has 8 N–H and O–H groups in total. The van der Waals surface area contributed by atoms with Crippen LogP contribution in [0.2, 0.25) is 0 Å². The van der Waals surface area contributed by atoms with Crippen LogP contribution in [0.4, 0.5) is 0 Å². The Morgan fingerprint density at radius 2 is 1.29 bits per heavy atom. The molecule has 6 unspecified atom stereocenters. The van der Waals surface area contributed by atoms with Crippen molar-refractivity contribution in [3.05, 3.63) is 29.8 Å². The van der Waals surface area contributed by atoms with Gasteiger partial charge in [0.1, 0.15) is 23.9 Å². The van der Waals surface area contributed by atoms with Crippen LogP contribution in [0.5, 0.6) is 5.75 Å². The molecule has 0 fully saturated rings. The van der Waals surface area contributed by atoms with Crippen molar-refractivity contribution in [3.8, 4) is 5.75 Å². The van der Waals surface area contributed by atoms with E-state index in [-0.39, 0.29) is 36.8 Å². The van der Waals surface area contributed by atoms with E-state index in [4.69, 9.17) is 10.8 Å². The fraction of sp³-hybridized carbons (Fsp3) is 0.577. The van der Waals surface area contributed by atoms with Gasteiger partial charge in [0.25, 0.3) is 0 Å². The first kappa shape index (κ1) is 32.4. The molecule has 0 aliphatic carbocycles. The van der Waals surface area contributed by atoms with Gasteiger partial charge in [-0.3, -0.25) is 19.2 Å². The average Bonchev–Trinajstić information content (AvgIpc) is 2.88. The number of aromatic hydroxyl groups is 1. The second-order valence-electron chi connectivity index (χ2n) is 9.55. The topological polar surface area (TPSA) is 208 Å². The molecule has 3 amide bonds. The fourth-order valence-electron chi connectivity index (χ4n) is 3.65. The van der Waals surface area contributed by atoms with E-state index in [0.29, 0.717) is 18.4 Å². The van der Waals surface area contributed by atoms with E-state index < -0.39 is 53.8 Å². The standard InChI is InChI=1S/C26H40N4O8/c1-5-14(3)21(24(35)28-19(26(37)38)13-16-7-9-17(31)10-8-16)30-25(36)22(15(4)6-2)29-23(34)18(27)11-12-20(32)33/h7-10,14-15,18-19,21-22,31H,5-6,11-13,27H2,1-4H3,(H,28,35)(H,29,34)(H,30,36)(H,32,33)(H,37,38). The number of carboxylic acids is 2. The molecule has 0 heterocycles. The number of phenolic OH excluding ortho intramolecular Hbond substituents is 1. The Labute approximate surface area is 222 Å². The Balaban J connectivity index is 3.04. The molecule has 0 bridgehead atoms. The van der Waals surface area contributed by atoms with Crippen molar-refractivity contribution in [2.75, 3.05) is 0 Å². The van der Waals surface area contributed by atoms with Gasteiger partial charge in [0, 0.05) is 12.8 Å². The number of nitrogens with one attached hydrogen (secondary N) is 3. The summed E-state index contributed by atoms with van der Waals surface area (Å²) in [5.41, 5.74) is 6.37. The summed E-state index contributed by atoms with van der Waals surface area (Å²) in [7, 11) is 0. The van der Waals surface area contributed by atoms with Gasteiger partial charge in [0.2, 0.25) is 17.7 Å². The highest BCUT2D eigenvalue weighted by Gasteiger charge is 2.34. The molecule has 0 aliphatic heterocycles. The summed E-state index contributed by atoms with van der Waals surface area (Å²) in [4.78, 5) is 61.6. The second-order valence-corrected chi connectivity index (χ2v) is 9.55. The second kappa shape index (κ2) is 15.6. The van der Waals surface area contributed by atoms with Crippen molar-refractivity contribution >= 4 is 29.7 Å². The maximum atomic E-state index is 13.3. The largest absolute Gasteiger partial charge is 0.508 e. The number of carbonyl (C=O) groups excluding carboxylic acids is 3. The van der Waals surface area contributed by atoms with E-state index in [1.54, 1.807) is 26.0 Å². The number of aliphatic carboxylic acids is 2. The van der Waals surface area contributed by atoms with E-state index in [0.717, 1.165) is 0 Å². The first-order valence-corrected chi connectivity index (χ1v) is 12.7. The third-order valence-electron chi connectivity index (χ3n) is 6.58. The van der Waals surface area contributed by atoms with Gasteiger partial charge in [-0.05, 0) is 36.0 Å². The summed E-state index contributed by atoms with van der Waals surface area (Å²) in [6.07, 6.45) is 0.554. The third-order valence-corrected chi connectivity index (χ3v) is 6.58. The number of benzene rings is 1. The van der Waals surface area contributed by atoms with E-state index in [1.165, 1.54) is 12.1 Å². The monoisotopic (exact) mass is 536 g/mol. The van der Waals surface area contributed by atoms with Crippen molar-refractivity contribution in [2.45, 2.75) is 84.0 Å². The predicted octanol–water partition coefficient (Wildman–Crippen LogP) is 0.758. The Hall–Kier alpha value is -3.67. The number of hydrogen-bond acceptors (Lipinski definition) is 7. The smallest absolute Gasteiger partial charge is 0.326 e. The van der Waals surface area contributed by atoms with E-state index in [9.17, 15) is 34.2 Å². The highest BCUT2D eigenvalue weighted by atomic mass is 16.4. The SMILES string of the molecule is CCC(C)C(NC(=O)C(N)CCC(=O)O)C(=O)NC(C(=O)NC(Cc1ccc(O)cc1)C(=O)O)C(C)CC. The van der Waals surface area contributed by atoms with Crippen LogP contribution in [0, 0.1) is 11.8 Å². The van der Waals surface area contributed by atoms with E-state index in [2.05, 4.69) is 16.0 Å². The number of carboxylic acid groups (broad SMARTS) is 2. The molecular formula is C26H40N4O8. The molecule has 1 aromatic rings. The van der Waals surface area contributed by atoms with Gasteiger partial charge in [-0.1, -0.05) is 52.7 Å². The van der Waals surface area contributed by atoms with Gasteiger partial charge >= 0.3 is 11.9 Å². The maximum Gasteiger partial charge on any atom is 0.326 e. The highest BCUT2D eigenvalue weighted by molar-refractivity contribution is 5.94. The Kier molecular flexibility index (Phi) is 13.2. The van der Waals surface area contributed by atoms with Crippen LogP contribution in [0.3, 0.4) is 0 Å². The van der Waals surface area contributed by atoms with E-state index in [1.807, 2.05) is 13.8 Å². The number of hydrogen-bond donors (Lipinski definition) is 7. The summed E-state index contributed by atoms with van der Waals surface area (Å²) >= 11 is 0. The van der Waals surface area contributed by atoms with Crippen LogP contribution in [0.1, 0.15) is 58.9 Å². The van der Waals surface area contributed by atoms with Gasteiger partial charge in [0.15, 0.2) is 0 Å². The molecule has 12 nitrogen and oxygen atoms in total. The normalized spacial score (nSPS) is 15.7. The van der Waals surface area contributed by atoms with Crippen LogP contribution in [-0.2, 0) is 30.4 Å². The summed E-state index contributed by atoms with van der Waals surface area (Å²) < 4.78 is 0. The molecule has 0 spiro atoms. The van der Waals surface area contributed by atoms with Crippen LogP contribution >= 0.6 is 0 Å². The number of rotatable bonds is 16. The number of phenols is 1. The molecule has 0 saturated carbocycles. The summed E-state index contributed by atoms with van der Waals surface area (Å²) in [5, 5.41) is 35.7. The first-order valence-electron chi connectivity index (χ1n) is 12.7. The molecular weight excluding hydrogens is 496 g/mol. The van der Waals surface area contributed by atoms with Crippen molar-refractivity contribution < 1.29 is 39.3 Å². The van der Waals surface area contributed by atoms with Crippen LogP contribution < -0.4 is 21.7 Å². The molecule has 0 radical (unpaired) electrons.